The van der Waals surface area contributed by atoms with Gasteiger partial charge in [0.1, 0.15) is 11.6 Å². The number of nitrogens with zero attached hydrogens (tertiary/aromatic N) is 1. The van der Waals surface area contributed by atoms with E-state index in [1.165, 1.54) is 0 Å². The van der Waals surface area contributed by atoms with Crippen LogP contribution in [0.25, 0.3) is 10.8 Å². The van der Waals surface area contributed by atoms with Gasteiger partial charge in [0.15, 0.2) is 0 Å². The molecule has 0 radical (unpaired) electrons. The Morgan fingerprint density at radius 1 is 1.22 bits per heavy atom. The molecule has 0 spiro atoms. The largest absolute Gasteiger partial charge is 0.508 e. The Bertz CT molecular complexity index is 663. The first-order chi connectivity index (χ1) is 8.83. The van der Waals surface area contributed by atoms with Crippen molar-refractivity contribution in [2.24, 2.45) is 0 Å². The lowest BCUT2D eigenvalue weighted by atomic mass is 10.1. The van der Waals surface area contributed by atoms with Gasteiger partial charge in [0, 0.05) is 23.7 Å². The number of phenolic OH excluding ortho intramolecular Hbond substituents is 1. The molecule has 90 valence electrons. The predicted octanol–water partition coefficient (Wildman–Crippen LogP) is 3.15. The number of fused-ring (bicyclic) bond motifs is 1. The summed E-state index contributed by atoms with van der Waals surface area (Å²) in [6.45, 7) is 0.637. The van der Waals surface area contributed by atoms with Crippen LogP contribution >= 0.6 is 0 Å². The van der Waals surface area contributed by atoms with Crippen LogP contribution in [-0.2, 0) is 6.54 Å². The maximum atomic E-state index is 9.54. The molecule has 2 aromatic heterocycles. The van der Waals surface area contributed by atoms with Gasteiger partial charge in [-0.25, -0.2) is 4.98 Å². The van der Waals surface area contributed by atoms with Crippen LogP contribution in [0.1, 0.15) is 5.56 Å². The molecule has 1 aromatic carbocycles. The van der Waals surface area contributed by atoms with Crippen LogP contribution in [0.3, 0.4) is 0 Å². The summed E-state index contributed by atoms with van der Waals surface area (Å²) in [4.78, 5) is 4.29. The highest BCUT2D eigenvalue weighted by molar-refractivity contribution is 5.92. The fourth-order valence-corrected chi connectivity index (χ4v) is 1.88. The summed E-state index contributed by atoms with van der Waals surface area (Å²) >= 11 is 0. The summed E-state index contributed by atoms with van der Waals surface area (Å²) in [6.07, 6.45) is 5.08. The van der Waals surface area contributed by atoms with Crippen molar-refractivity contribution in [3.05, 3.63) is 54.6 Å². The normalized spacial score (nSPS) is 10.7. The summed E-state index contributed by atoms with van der Waals surface area (Å²) in [7, 11) is 0. The van der Waals surface area contributed by atoms with E-state index < -0.39 is 0 Å². The fraction of sp³-hybridized carbons (Fsp3) is 0.0714. The minimum absolute atomic E-state index is 0.238. The Labute approximate surface area is 104 Å². The quantitative estimate of drug-likeness (QED) is 0.738. The monoisotopic (exact) mass is 240 g/mol. The van der Waals surface area contributed by atoms with Crippen LogP contribution in [0, 0.1) is 0 Å². The van der Waals surface area contributed by atoms with Crippen molar-refractivity contribution in [3.63, 3.8) is 0 Å². The van der Waals surface area contributed by atoms with Gasteiger partial charge in [-0.1, -0.05) is 6.07 Å². The first-order valence-electron chi connectivity index (χ1n) is 5.65. The molecule has 4 heteroatoms. The van der Waals surface area contributed by atoms with E-state index in [1.54, 1.807) is 30.9 Å². The Kier molecular flexibility index (Phi) is 2.61. The zero-order valence-corrected chi connectivity index (χ0v) is 9.63. The predicted molar refractivity (Wildman–Crippen MR) is 69.4 cm³/mol. The molecule has 0 aliphatic heterocycles. The summed E-state index contributed by atoms with van der Waals surface area (Å²) < 4.78 is 5.01. The van der Waals surface area contributed by atoms with Crippen molar-refractivity contribution in [1.82, 2.24) is 4.98 Å². The van der Waals surface area contributed by atoms with Gasteiger partial charge in [0.05, 0.1) is 12.5 Å². The molecule has 3 rings (SSSR count). The average molecular weight is 240 g/mol. The number of benzene rings is 1. The number of aromatic nitrogens is 1. The van der Waals surface area contributed by atoms with Gasteiger partial charge in [-0.05, 0) is 29.7 Å². The number of aromatic hydroxyl groups is 1. The van der Waals surface area contributed by atoms with E-state index in [1.807, 2.05) is 18.2 Å². The summed E-state index contributed by atoms with van der Waals surface area (Å²) in [6, 6.07) is 9.06. The fourth-order valence-electron chi connectivity index (χ4n) is 1.88. The van der Waals surface area contributed by atoms with Crippen LogP contribution in [-0.4, -0.2) is 10.1 Å². The Balaban J connectivity index is 1.93. The highest BCUT2D eigenvalue weighted by Gasteiger charge is 2.03. The van der Waals surface area contributed by atoms with Crippen molar-refractivity contribution in [3.8, 4) is 5.75 Å². The van der Waals surface area contributed by atoms with E-state index >= 15 is 0 Å². The molecule has 0 amide bonds. The lowest BCUT2D eigenvalue weighted by Crippen LogP contribution is -2.00. The molecule has 0 saturated heterocycles. The standard InChI is InChI=1S/C14H12N2O2/c17-12-2-1-11-3-5-15-14(13(11)7-12)16-8-10-4-6-18-9-10/h1-7,9,17H,8H2,(H,15,16). The molecule has 2 N–H and O–H groups in total. The number of furan rings is 1. The van der Waals surface area contributed by atoms with Crippen LogP contribution in [0.5, 0.6) is 5.75 Å². The third-order valence-corrected chi connectivity index (χ3v) is 2.79. The van der Waals surface area contributed by atoms with Crippen LogP contribution in [0.15, 0.2) is 53.5 Å². The van der Waals surface area contributed by atoms with Crippen molar-refractivity contribution in [2.75, 3.05) is 5.32 Å². The number of anilines is 1. The van der Waals surface area contributed by atoms with E-state index in [2.05, 4.69) is 10.3 Å². The van der Waals surface area contributed by atoms with Crippen LogP contribution < -0.4 is 5.32 Å². The number of hydrogen-bond donors (Lipinski definition) is 2. The number of phenols is 1. The molecule has 0 bridgehead atoms. The van der Waals surface area contributed by atoms with E-state index in [0.29, 0.717) is 6.54 Å². The number of rotatable bonds is 3. The molecule has 0 atom stereocenters. The molecule has 0 aliphatic rings. The third kappa shape index (κ3) is 2.00. The van der Waals surface area contributed by atoms with E-state index in [4.69, 9.17) is 4.42 Å². The zero-order chi connectivity index (χ0) is 12.4. The van der Waals surface area contributed by atoms with Gasteiger partial charge in [-0.15, -0.1) is 0 Å². The maximum Gasteiger partial charge on any atom is 0.134 e. The van der Waals surface area contributed by atoms with E-state index in [0.717, 1.165) is 22.2 Å². The van der Waals surface area contributed by atoms with Gasteiger partial charge < -0.3 is 14.8 Å². The molecule has 2 heterocycles. The first-order valence-corrected chi connectivity index (χ1v) is 5.65. The van der Waals surface area contributed by atoms with Gasteiger partial charge in [-0.3, -0.25) is 0 Å². The topological polar surface area (TPSA) is 58.3 Å². The average Bonchev–Trinajstić information content (AvgIpc) is 2.89. The van der Waals surface area contributed by atoms with Crippen molar-refractivity contribution in [2.45, 2.75) is 6.54 Å². The molecule has 4 nitrogen and oxygen atoms in total. The SMILES string of the molecule is Oc1ccc2ccnc(NCc3ccoc3)c2c1. The van der Waals surface area contributed by atoms with E-state index in [9.17, 15) is 5.11 Å². The summed E-state index contributed by atoms with van der Waals surface area (Å²) in [5.74, 6) is 0.992. The van der Waals surface area contributed by atoms with Gasteiger partial charge >= 0.3 is 0 Å². The molecular weight excluding hydrogens is 228 g/mol. The molecule has 0 unspecified atom stereocenters. The minimum Gasteiger partial charge on any atom is -0.508 e. The molecule has 0 fully saturated rings. The van der Waals surface area contributed by atoms with E-state index in [-0.39, 0.29) is 5.75 Å². The second-order valence-electron chi connectivity index (χ2n) is 4.05. The second kappa shape index (κ2) is 4.41. The third-order valence-electron chi connectivity index (χ3n) is 2.79. The lowest BCUT2D eigenvalue weighted by molar-refractivity contribution is 0.476. The minimum atomic E-state index is 0.238. The highest BCUT2D eigenvalue weighted by Crippen LogP contribution is 2.25. The molecule has 18 heavy (non-hydrogen) atoms. The Morgan fingerprint density at radius 2 is 2.17 bits per heavy atom. The highest BCUT2D eigenvalue weighted by atomic mass is 16.3. The molecule has 3 aromatic rings. The maximum absolute atomic E-state index is 9.54. The molecular formula is C14H12N2O2. The van der Waals surface area contributed by atoms with Crippen molar-refractivity contribution in [1.29, 1.82) is 0 Å². The van der Waals surface area contributed by atoms with Crippen LogP contribution in [0.4, 0.5) is 5.82 Å². The summed E-state index contributed by atoms with van der Waals surface area (Å²) in [5, 5.41) is 14.7. The number of hydrogen-bond acceptors (Lipinski definition) is 4. The Hall–Kier alpha value is -2.49. The smallest absolute Gasteiger partial charge is 0.134 e. The van der Waals surface area contributed by atoms with Gasteiger partial charge in [0.2, 0.25) is 0 Å². The van der Waals surface area contributed by atoms with Crippen molar-refractivity contribution >= 4 is 16.6 Å². The van der Waals surface area contributed by atoms with Crippen LogP contribution in [0.2, 0.25) is 0 Å². The van der Waals surface area contributed by atoms with Gasteiger partial charge in [0.25, 0.3) is 0 Å². The zero-order valence-electron chi connectivity index (χ0n) is 9.63. The molecule has 0 aliphatic carbocycles. The molecule has 0 saturated carbocycles. The lowest BCUT2D eigenvalue weighted by Gasteiger charge is -2.07. The second-order valence-corrected chi connectivity index (χ2v) is 4.05. The van der Waals surface area contributed by atoms with Gasteiger partial charge in [-0.2, -0.15) is 0 Å². The van der Waals surface area contributed by atoms with Crippen molar-refractivity contribution < 1.29 is 9.52 Å². The summed E-state index contributed by atoms with van der Waals surface area (Å²) in [5.41, 5.74) is 1.05. The first kappa shape index (κ1) is 10.7. The Morgan fingerprint density at radius 3 is 3.00 bits per heavy atom. The number of nitrogens with one attached hydrogen (secondary N) is 1. The number of pyridine rings is 1.